The molecule has 94 valence electrons. The lowest BCUT2D eigenvalue weighted by Gasteiger charge is -2.22. The van der Waals surface area contributed by atoms with Crippen LogP contribution in [-0.4, -0.2) is 41.5 Å². The molecule has 5 heteroatoms. The van der Waals surface area contributed by atoms with Crippen molar-refractivity contribution in [2.24, 2.45) is 11.7 Å². The Balaban J connectivity index is 4.14. The molecule has 1 unspecified atom stereocenters. The van der Waals surface area contributed by atoms with Gasteiger partial charge in [-0.15, -0.1) is 0 Å². The number of carbonyl (C=O) groups is 2. The molecule has 1 amide bonds. The third kappa shape index (κ3) is 5.70. The molecule has 0 aromatic rings. The number of hydrogen-bond acceptors (Lipinski definition) is 3. The van der Waals surface area contributed by atoms with Gasteiger partial charge in [-0.25, -0.2) is 0 Å². The maximum absolute atomic E-state index is 11.8. The summed E-state index contributed by atoms with van der Waals surface area (Å²) in [5, 5.41) is 8.56. The lowest BCUT2D eigenvalue weighted by atomic mass is 10.0. The van der Waals surface area contributed by atoms with E-state index in [1.807, 2.05) is 13.8 Å². The molecule has 0 aliphatic heterocycles. The van der Waals surface area contributed by atoms with Crippen LogP contribution in [0.1, 0.15) is 33.1 Å². The maximum atomic E-state index is 11.8. The molecule has 0 rings (SSSR count). The van der Waals surface area contributed by atoms with Crippen LogP contribution in [-0.2, 0) is 9.59 Å². The molecule has 0 bridgehead atoms. The number of carbonyl (C=O) groups excluding carboxylic acids is 1. The molecule has 0 radical (unpaired) electrons. The van der Waals surface area contributed by atoms with E-state index in [0.717, 1.165) is 6.42 Å². The number of carboxylic acids is 1. The molecular weight excluding hydrogens is 208 g/mol. The number of rotatable bonds is 8. The fraction of sp³-hybridized carbons (Fsp3) is 0.818. The van der Waals surface area contributed by atoms with Gasteiger partial charge in [0.25, 0.3) is 0 Å². The highest BCUT2D eigenvalue weighted by Crippen LogP contribution is 2.09. The second-order valence-electron chi connectivity index (χ2n) is 3.83. The molecule has 0 aliphatic carbocycles. The zero-order chi connectivity index (χ0) is 12.6. The highest BCUT2D eigenvalue weighted by molar-refractivity contribution is 5.77. The molecule has 0 saturated carbocycles. The Hall–Kier alpha value is -1.10. The van der Waals surface area contributed by atoms with Gasteiger partial charge in [-0.2, -0.15) is 0 Å². The summed E-state index contributed by atoms with van der Waals surface area (Å²) >= 11 is 0. The van der Waals surface area contributed by atoms with Crippen molar-refractivity contribution in [2.75, 3.05) is 19.6 Å². The fourth-order valence-electron chi connectivity index (χ4n) is 1.46. The Morgan fingerprint density at radius 2 is 2.00 bits per heavy atom. The molecule has 0 spiro atoms. The van der Waals surface area contributed by atoms with E-state index in [1.54, 1.807) is 4.90 Å². The standard InChI is InChI=1S/C11H22N2O3/c1-3-9(8-12)7-10(14)13(4-2)6-5-11(15)16/h9H,3-8,12H2,1-2H3,(H,15,16). The van der Waals surface area contributed by atoms with E-state index in [9.17, 15) is 9.59 Å². The monoisotopic (exact) mass is 230 g/mol. The van der Waals surface area contributed by atoms with Gasteiger partial charge in [0.2, 0.25) is 5.91 Å². The molecule has 0 aliphatic rings. The predicted octanol–water partition coefficient (Wildman–Crippen LogP) is 0.685. The molecule has 1 atom stereocenters. The number of nitrogens with two attached hydrogens (primary N) is 1. The van der Waals surface area contributed by atoms with Crippen molar-refractivity contribution in [2.45, 2.75) is 33.1 Å². The lowest BCUT2D eigenvalue weighted by Crippen LogP contribution is -2.35. The Kier molecular flexibility index (Phi) is 7.54. The average molecular weight is 230 g/mol. The van der Waals surface area contributed by atoms with E-state index in [1.165, 1.54) is 0 Å². The van der Waals surface area contributed by atoms with Crippen LogP contribution in [0.3, 0.4) is 0 Å². The van der Waals surface area contributed by atoms with Crippen molar-refractivity contribution in [1.29, 1.82) is 0 Å². The van der Waals surface area contributed by atoms with Crippen LogP contribution in [0.15, 0.2) is 0 Å². The second-order valence-corrected chi connectivity index (χ2v) is 3.83. The van der Waals surface area contributed by atoms with Crippen LogP contribution in [0.2, 0.25) is 0 Å². The summed E-state index contributed by atoms with van der Waals surface area (Å²) in [6, 6.07) is 0. The topological polar surface area (TPSA) is 83.6 Å². The summed E-state index contributed by atoms with van der Waals surface area (Å²) in [5.41, 5.74) is 5.53. The number of nitrogens with zero attached hydrogens (tertiary/aromatic N) is 1. The summed E-state index contributed by atoms with van der Waals surface area (Å²) < 4.78 is 0. The van der Waals surface area contributed by atoms with Crippen LogP contribution < -0.4 is 5.73 Å². The van der Waals surface area contributed by atoms with Gasteiger partial charge in [-0.3, -0.25) is 9.59 Å². The number of hydrogen-bond donors (Lipinski definition) is 2. The van der Waals surface area contributed by atoms with Gasteiger partial charge in [-0.05, 0) is 19.4 Å². The Morgan fingerprint density at radius 3 is 2.38 bits per heavy atom. The molecule has 0 saturated heterocycles. The molecule has 3 N–H and O–H groups in total. The molecule has 0 aromatic heterocycles. The summed E-state index contributed by atoms with van der Waals surface area (Å²) in [6.45, 7) is 5.18. The highest BCUT2D eigenvalue weighted by atomic mass is 16.4. The van der Waals surface area contributed by atoms with Crippen LogP contribution in [0, 0.1) is 5.92 Å². The minimum atomic E-state index is -0.878. The summed E-state index contributed by atoms with van der Waals surface area (Å²) in [7, 11) is 0. The Bertz CT molecular complexity index is 227. The fourth-order valence-corrected chi connectivity index (χ4v) is 1.46. The van der Waals surface area contributed by atoms with Crippen molar-refractivity contribution < 1.29 is 14.7 Å². The summed E-state index contributed by atoms with van der Waals surface area (Å²) in [4.78, 5) is 23.8. The van der Waals surface area contributed by atoms with Crippen molar-refractivity contribution >= 4 is 11.9 Å². The lowest BCUT2D eigenvalue weighted by molar-refractivity contribution is -0.138. The molecule has 0 fully saturated rings. The number of carboxylic acid groups (broad SMARTS) is 1. The van der Waals surface area contributed by atoms with Gasteiger partial charge in [-0.1, -0.05) is 13.3 Å². The van der Waals surface area contributed by atoms with Gasteiger partial charge >= 0.3 is 5.97 Å². The van der Waals surface area contributed by atoms with E-state index >= 15 is 0 Å². The first kappa shape index (κ1) is 14.9. The van der Waals surface area contributed by atoms with Crippen molar-refractivity contribution in [3.63, 3.8) is 0 Å². The SMILES string of the molecule is CCC(CN)CC(=O)N(CC)CCC(=O)O. The summed E-state index contributed by atoms with van der Waals surface area (Å²) in [6.07, 6.45) is 1.29. The molecule has 5 nitrogen and oxygen atoms in total. The van der Waals surface area contributed by atoms with Gasteiger partial charge in [0.15, 0.2) is 0 Å². The summed E-state index contributed by atoms with van der Waals surface area (Å²) in [5.74, 6) is -0.676. The normalized spacial score (nSPS) is 12.2. The van der Waals surface area contributed by atoms with E-state index in [0.29, 0.717) is 19.5 Å². The first-order valence-electron chi connectivity index (χ1n) is 5.74. The predicted molar refractivity (Wildman–Crippen MR) is 62.0 cm³/mol. The average Bonchev–Trinajstić information content (AvgIpc) is 2.26. The number of amides is 1. The van der Waals surface area contributed by atoms with E-state index in [2.05, 4.69) is 0 Å². The van der Waals surface area contributed by atoms with Crippen molar-refractivity contribution in [3.05, 3.63) is 0 Å². The minimum Gasteiger partial charge on any atom is -0.481 e. The van der Waals surface area contributed by atoms with Gasteiger partial charge < -0.3 is 15.7 Å². The van der Waals surface area contributed by atoms with Gasteiger partial charge in [0.1, 0.15) is 0 Å². The molecule has 16 heavy (non-hydrogen) atoms. The molecule has 0 aromatic carbocycles. The van der Waals surface area contributed by atoms with Gasteiger partial charge in [0.05, 0.1) is 6.42 Å². The number of aliphatic carboxylic acids is 1. The van der Waals surface area contributed by atoms with E-state index in [-0.39, 0.29) is 24.8 Å². The Morgan fingerprint density at radius 1 is 1.38 bits per heavy atom. The molecule has 0 heterocycles. The van der Waals surface area contributed by atoms with Gasteiger partial charge in [0, 0.05) is 19.5 Å². The van der Waals surface area contributed by atoms with Crippen LogP contribution in [0.4, 0.5) is 0 Å². The smallest absolute Gasteiger partial charge is 0.305 e. The van der Waals surface area contributed by atoms with E-state index in [4.69, 9.17) is 10.8 Å². The quantitative estimate of drug-likeness (QED) is 0.642. The highest BCUT2D eigenvalue weighted by Gasteiger charge is 2.16. The van der Waals surface area contributed by atoms with E-state index < -0.39 is 5.97 Å². The zero-order valence-corrected chi connectivity index (χ0v) is 10.1. The first-order valence-corrected chi connectivity index (χ1v) is 5.74. The third-order valence-electron chi connectivity index (χ3n) is 2.70. The Labute approximate surface area is 96.6 Å². The second kappa shape index (κ2) is 8.10. The zero-order valence-electron chi connectivity index (χ0n) is 10.1. The minimum absolute atomic E-state index is 0.000972. The largest absolute Gasteiger partial charge is 0.481 e. The van der Waals surface area contributed by atoms with Crippen LogP contribution in [0.5, 0.6) is 0 Å². The van der Waals surface area contributed by atoms with Crippen LogP contribution in [0.25, 0.3) is 0 Å². The molecular formula is C11H22N2O3. The third-order valence-corrected chi connectivity index (χ3v) is 2.70. The van der Waals surface area contributed by atoms with Crippen LogP contribution >= 0.6 is 0 Å². The maximum Gasteiger partial charge on any atom is 0.305 e. The van der Waals surface area contributed by atoms with Crippen molar-refractivity contribution in [3.8, 4) is 0 Å². The van der Waals surface area contributed by atoms with Crippen molar-refractivity contribution in [1.82, 2.24) is 4.90 Å². The first-order chi connectivity index (χ1) is 7.54.